The largest absolute Gasteiger partial charge is 0.381 e. The van der Waals surface area contributed by atoms with Crippen LogP contribution in [-0.2, 0) is 11.3 Å². The number of hydrogen-bond donors (Lipinski definition) is 1. The Morgan fingerprint density at radius 2 is 2.57 bits per heavy atom. The van der Waals surface area contributed by atoms with Crippen molar-refractivity contribution in [1.82, 2.24) is 5.32 Å². The predicted molar refractivity (Wildman–Crippen MR) is 59.6 cm³/mol. The van der Waals surface area contributed by atoms with Gasteiger partial charge >= 0.3 is 0 Å². The van der Waals surface area contributed by atoms with Crippen molar-refractivity contribution in [2.24, 2.45) is 5.92 Å². The van der Waals surface area contributed by atoms with E-state index in [1.165, 1.54) is 17.7 Å². The summed E-state index contributed by atoms with van der Waals surface area (Å²) in [6.07, 6.45) is 2.54. The molecule has 0 bridgehead atoms. The van der Waals surface area contributed by atoms with Gasteiger partial charge in [0.2, 0.25) is 0 Å². The highest BCUT2D eigenvalue weighted by Gasteiger charge is 2.12. The molecule has 0 aromatic carbocycles. The topological polar surface area (TPSA) is 21.3 Å². The van der Waals surface area contributed by atoms with E-state index in [2.05, 4.69) is 22.8 Å². The van der Waals surface area contributed by atoms with Crippen LogP contribution < -0.4 is 5.32 Å². The van der Waals surface area contributed by atoms with Gasteiger partial charge in [-0.3, -0.25) is 0 Å². The molecule has 0 aliphatic carbocycles. The van der Waals surface area contributed by atoms with Crippen LogP contribution in [0, 0.1) is 5.92 Å². The van der Waals surface area contributed by atoms with E-state index >= 15 is 0 Å². The van der Waals surface area contributed by atoms with Crippen molar-refractivity contribution in [2.75, 3.05) is 19.8 Å². The molecule has 0 radical (unpaired) electrons. The molecule has 1 atom stereocenters. The zero-order valence-electron chi connectivity index (χ0n) is 8.37. The maximum absolute atomic E-state index is 5.43. The van der Waals surface area contributed by atoms with E-state index in [-0.39, 0.29) is 0 Å². The smallest absolute Gasteiger partial charge is 0.0506 e. The SMILES string of the molecule is c1csc(CNCC2CCCOC2)c1. The molecule has 14 heavy (non-hydrogen) atoms. The Hall–Kier alpha value is -0.380. The highest BCUT2D eigenvalue weighted by Crippen LogP contribution is 2.13. The minimum absolute atomic E-state index is 0.726. The maximum Gasteiger partial charge on any atom is 0.0506 e. The molecular weight excluding hydrogens is 194 g/mol. The van der Waals surface area contributed by atoms with Crippen molar-refractivity contribution < 1.29 is 4.74 Å². The van der Waals surface area contributed by atoms with Gasteiger partial charge in [-0.15, -0.1) is 11.3 Å². The van der Waals surface area contributed by atoms with Crippen molar-refractivity contribution >= 4 is 11.3 Å². The molecule has 1 aliphatic rings. The standard InChI is InChI=1S/C11H17NOS/c1-3-10(9-13-5-1)7-12-8-11-4-2-6-14-11/h2,4,6,10,12H,1,3,5,7-9H2. The molecule has 0 spiro atoms. The highest BCUT2D eigenvalue weighted by molar-refractivity contribution is 7.09. The first kappa shape index (κ1) is 10.1. The minimum atomic E-state index is 0.726. The first-order valence-electron chi connectivity index (χ1n) is 5.26. The van der Waals surface area contributed by atoms with Crippen LogP contribution in [0.2, 0.25) is 0 Å². The summed E-state index contributed by atoms with van der Waals surface area (Å²) in [6.45, 7) is 4.00. The fraction of sp³-hybridized carbons (Fsp3) is 0.636. The summed E-state index contributed by atoms with van der Waals surface area (Å²) in [6, 6.07) is 4.28. The molecule has 78 valence electrons. The van der Waals surface area contributed by atoms with Gasteiger partial charge in [0, 0.05) is 24.6 Å². The second-order valence-electron chi connectivity index (χ2n) is 3.79. The fourth-order valence-corrected chi connectivity index (χ4v) is 2.46. The summed E-state index contributed by atoms with van der Waals surface area (Å²) in [5.41, 5.74) is 0. The van der Waals surface area contributed by atoms with Gasteiger partial charge in [0.15, 0.2) is 0 Å². The van der Waals surface area contributed by atoms with E-state index < -0.39 is 0 Å². The minimum Gasteiger partial charge on any atom is -0.381 e. The zero-order valence-corrected chi connectivity index (χ0v) is 9.19. The van der Waals surface area contributed by atoms with Gasteiger partial charge in [0.1, 0.15) is 0 Å². The molecule has 1 aliphatic heterocycles. The Morgan fingerprint density at radius 3 is 3.29 bits per heavy atom. The van der Waals surface area contributed by atoms with E-state index in [9.17, 15) is 0 Å². The average molecular weight is 211 g/mol. The Bertz CT molecular complexity index is 242. The molecule has 1 aromatic heterocycles. The molecule has 3 heteroatoms. The van der Waals surface area contributed by atoms with Gasteiger partial charge < -0.3 is 10.1 Å². The first-order chi connectivity index (χ1) is 6.95. The lowest BCUT2D eigenvalue weighted by Gasteiger charge is -2.22. The molecule has 2 heterocycles. The third-order valence-electron chi connectivity index (χ3n) is 2.57. The molecule has 1 aromatic rings. The van der Waals surface area contributed by atoms with E-state index in [0.717, 1.165) is 32.2 Å². The van der Waals surface area contributed by atoms with Crippen molar-refractivity contribution in [3.8, 4) is 0 Å². The van der Waals surface area contributed by atoms with E-state index in [0.29, 0.717) is 0 Å². The summed E-state index contributed by atoms with van der Waals surface area (Å²) < 4.78 is 5.43. The third-order valence-corrected chi connectivity index (χ3v) is 3.44. The first-order valence-corrected chi connectivity index (χ1v) is 6.14. The Morgan fingerprint density at radius 1 is 1.57 bits per heavy atom. The second kappa shape index (κ2) is 5.49. The molecule has 2 nitrogen and oxygen atoms in total. The van der Waals surface area contributed by atoms with Crippen LogP contribution in [0.4, 0.5) is 0 Å². The lowest BCUT2D eigenvalue weighted by Crippen LogP contribution is -2.28. The molecule has 1 N–H and O–H groups in total. The molecule has 2 rings (SSSR count). The summed E-state index contributed by atoms with van der Waals surface area (Å²) in [5, 5.41) is 5.61. The zero-order chi connectivity index (χ0) is 9.64. The van der Waals surface area contributed by atoms with Gasteiger partial charge in [-0.1, -0.05) is 6.07 Å². The monoisotopic (exact) mass is 211 g/mol. The highest BCUT2D eigenvalue weighted by atomic mass is 32.1. The summed E-state index contributed by atoms with van der Waals surface area (Å²) in [7, 11) is 0. The van der Waals surface area contributed by atoms with Crippen LogP contribution in [0.5, 0.6) is 0 Å². The second-order valence-corrected chi connectivity index (χ2v) is 4.83. The van der Waals surface area contributed by atoms with Crippen LogP contribution in [0.25, 0.3) is 0 Å². The molecule has 1 saturated heterocycles. The quantitative estimate of drug-likeness (QED) is 0.825. The van der Waals surface area contributed by atoms with Gasteiger partial charge in [0.25, 0.3) is 0 Å². The van der Waals surface area contributed by atoms with Crippen LogP contribution in [0.3, 0.4) is 0 Å². The lowest BCUT2D eigenvalue weighted by atomic mass is 10.0. The van der Waals surface area contributed by atoms with Crippen LogP contribution in [0.15, 0.2) is 17.5 Å². The van der Waals surface area contributed by atoms with Gasteiger partial charge in [0.05, 0.1) is 6.61 Å². The van der Waals surface area contributed by atoms with Gasteiger partial charge in [-0.05, 0) is 30.2 Å². The maximum atomic E-state index is 5.43. The molecular formula is C11H17NOS. The van der Waals surface area contributed by atoms with Crippen LogP contribution in [-0.4, -0.2) is 19.8 Å². The van der Waals surface area contributed by atoms with Crippen molar-refractivity contribution in [3.63, 3.8) is 0 Å². The summed E-state index contributed by atoms with van der Waals surface area (Å²) in [5.74, 6) is 0.726. The van der Waals surface area contributed by atoms with E-state index in [4.69, 9.17) is 4.74 Å². The number of rotatable bonds is 4. The Balaban J connectivity index is 1.62. The van der Waals surface area contributed by atoms with Crippen LogP contribution in [0.1, 0.15) is 17.7 Å². The van der Waals surface area contributed by atoms with E-state index in [1.54, 1.807) is 0 Å². The summed E-state index contributed by atoms with van der Waals surface area (Å²) >= 11 is 1.82. The number of nitrogens with one attached hydrogen (secondary N) is 1. The summed E-state index contributed by atoms with van der Waals surface area (Å²) in [4.78, 5) is 1.42. The molecule has 0 amide bonds. The lowest BCUT2D eigenvalue weighted by molar-refractivity contribution is 0.0548. The van der Waals surface area contributed by atoms with Crippen molar-refractivity contribution in [1.29, 1.82) is 0 Å². The molecule has 0 saturated carbocycles. The Kier molecular flexibility index (Phi) is 3.98. The third kappa shape index (κ3) is 3.08. The Labute approximate surface area is 89.3 Å². The van der Waals surface area contributed by atoms with Gasteiger partial charge in [-0.2, -0.15) is 0 Å². The van der Waals surface area contributed by atoms with Crippen molar-refractivity contribution in [3.05, 3.63) is 22.4 Å². The van der Waals surface area contributed by atoms with Crippen LogP contribution >= 0.6 is 11.3 Å². The average Bonchev–Trinajstić information content (AvgIpc) is 2.72. The number of hydrogen-bond acceptors (Lipinski definition) is 3. The normalized spacial score (nSPS) is 22.4. The number of thiophene rings is 1. The fourth-order valence-electron chi connectivity index (χ4n) is 1.78. The molecule has 1 unspecified atom stereocenters. The predicted octanol–water partition coefficient (Wildman–Crippen LogP) is 2.26. The van der Waals surface area contributed by atoms with Crippen molar-refractivity contribution in [2.45, 2.75) is 19.4 Å². The molecule has 1 fully saturated rings. The number of ether oxygens (including phenoxy) is 1. The van der Waals surface area contributed by atoms with Gasteiger partial charge in [-0.25, -0.2) is 0 Å². The van der Waals surface area contributed by atoms with E-state index in [1.807, 2.05) is 11.3 Å².